The van der Waals surface area contributed by atoms with Gasteiger partial charge in [-0.3, -0.25) is 0 Å². The molecule has 1 fully saturated rings. The van der Waals surface area contributed by atoms with Gasteiger partial charge in [-0.1, -0.05) is 32.4 Å². The zero-order valence-corrected chi connectivity index (χ0v) is 10.8. The normalized spacial score (nSPS) is 17.6. The smallest absolute Gasteiger partial charge is 0.138 e. The molecule has 1 saturated carbocycles. The number of anilines is 1. The Hall–Kier alpha value is -0.830. The van der Waals surface area contributed by atoms with Crippen molar-refractivity contribution in [1.29, 1.82) is 0 Å². The van der Waals surface area contributed by atoms with Crippen LogP contribution in [0.4, 0.5) is 5.82 Å². The van der Waals surface area contributed by atoms with Gasteiger partial charge >= 0.3 is 0 Å². The fourth-order valence-electron chi connectivity index (χ4n) is 1.71. The summed E-state index contributed by atoms with van der Waals surface area (Å²) >= 11 is 6.10. The van der Waals surface area contributed by atoms with Gasteiger partial charge < -0.3 is 5.32 Å². The third kappa shape index (κ3) is 2.46. The van der Waals surface area contributed by atoms with E-state index >= 15 is 0 Å². The molecular weight excluding hydrogens is 222 g/mol. The summed E-state index contributed by atoms with van der Waals surface area (Å²) in [6.45, 7) is 7.47. The van der Waals surface area contributed by atoms with Crippen molar-refractivity contribution in [3.05, 3.63) is 17.0 Å². The molecule has 1 aliphatic carbocycles. The van der Waals surface area contributed by atoms with Crippen molar-refractivity contribution in [2.24, 2.45) is 5.41 Å². The summed E-state index contributed by atoms with van der Waals surface area (Å²) in [5.41, 5.74) is 1.49. The minimum absolute atomic E-state index is 0.336. The van der Waals surface area contributed by atoms with E-state index < -0.39 is 0 Å². The highest BCUT2D eigenvalue weighted by Gasteiger charge is 2.37. The van der Waals surface area contributed by atoms with Crippen LogP contribution in [0, 0.1) is 5.41 Å². The van der Waals surface area contributed by atoms with Gasteiger partial charge in [-0.15, -0.1) is 0 Å². The second kappa shape index (κ2) is 4.21. The van der Waals surface area contributed by atoms with E-state index in [1.807, 2.05) is 0 Å². The molecule has 0 atom stereocenters. The van der Waals surface area contributed by atoms with Crippen molar-refractivity contribution in [3.8, 4) is 0 Å². The predicted molar refractivity (Wildman–Crippen MR) is 67.0 cm³/mol. The molecule has 0 aromatic carbocycles. The molecule has 1 N–H and O–H groups in total. The Morgan fingerprint density at radius 2 is 2.12 bits per heavy atom. The highest BCUT2D eigenvalue weighted by Crippen LogP contribution is 2.45. The number of hydrogen-bond donors (Lipinski definition) is 1. The third-order valence-electron chi connectivity index (χ3n) is 3.20. The summed E-state index contributed by atoms with van der Waals surface area (Å²) < 4.78 is 0. The lowest BCUT2D eigenvalue weighted by molar-refractivity contribution is 0.608. The van der Waals surface area contributed by atoms with E-state index in [0.29, 0.717) is 16.5 Å². The van der Waals surface area contributed by atoms with Gasteiger partial charge in [0.25, 0.3) is 0 Å². The van der Waals surface area contributed by atoms with E-state index in [0.717, 1.165) is 17.9 Å². The van der Waals surface area contributed by atoms with Crippen LogP contribution in [0.3, 0.4) is 0 Å². The topological polar surface area (TPSA) is 37.8 Å². The average Bonchev–Trinajstić information content (AvgIpc) is 2.94. The average molecular weight is 240 g/mol. The number of nitrogens with one attached hydrogen (secondary N) is 1. The Kier molecular flexibility index (Phi) is 3.06. The van der Waals surface area contributed by atoms with Gasteiger partial charge in [0, 0.05) is 12.1 Å². The van der Waals surface area contributed by atoms with E-state index in [1.165, 1.54) is 19.2 Å². The summed E-state index contributed by atoms with van der Waals surface area (Å²) in [6, 6.07) is 0. The molecule has 0 radical (unpaired) electrons. The predicted octanol–water partition coefficient (Wildman–Crippen LogP) is 3.47. The number of halogens is 1. The first kappa shape index (κ1) is 11.6. The Balaban J connectivity index is 2.15. The lowest BCUT2D eigenvalue weighted by Gasteiger charge is -2.16. The van der Waals surface area contributed by atoms with Crippen LogP contribution in [0.15, 0.2) is 6.33 Å². The van der Waals surface area contributed by atoms with Crippen molar-refractivity contribution in [2.75, 3.05) is 11.9 Å². The maximum absolute atomic E-state index is 6.10. The van der Waals surface area contributed by atoms with Crippen LogP contribution in [-0.4, -0.2) is 16.5 Å². The van der Waals surface area contributed by atoms with Crippen LogP contribution in [0.5, 0.6) is 0 Å². The Bertz CT molecular complexity index is 386. The number of aromatic nitrogens is 2. The van der Waals surface area contributed by atoms with Crippen molar-refractivity contribution in [1.82, 2.24) is 9.97 Å². The maximum atomic E-state index is 6.10. The monoisotopic (exact) mass is 239 g/mol. The van der Waals surface area contributed by atoms with Crippen LogP contribution in [0.2, 0.25) is 5.15 Å². The fourth-order valence-corrected chi connectivity index (χ4v) is 2.07. The van der Waals surface area contributed by atoms with Gasteiger partial charge in [-0.25, -0.2) is 9.97 Å². The Morgan fingerprint density at radius 3 is 2.69 bits per heavy atom. The van der Waals surface area contributed by atoms with Gasteiger partial charge in [0.15, 0.2) is 0 Å². The zero-order valence-electron chi connectivity index (χ0n) is 10.0. The van der Waals surface area contributed by atoms with Crippen LogP contribution >= 0.6 is 11.6 Å². The standard InChI is InChI=1S/C12H18ClN3/c1-8(2)9-10(13)15-7-16-11(9)14-6-12(3)4-5-12/h7-8H,4-6H2,1-3H3,(H,14,15,16). The molecule has 0 aliphatic heterocycles. The molecule has 0 spiro atoms. The molecule has 2 rings (SSSR count). The summed E-state index contributed by atoms with van der Waals surface area (Å²) in [5.74, 6) is 1.23. The fraction of sp³-hybridized carbons (Fsp3) is 0.667. The molecule has 1 aliphatic rings. The van der Waals surface area contributed by atoms with Crippen LogP contribution in [-0.2, 0) is 0 Å². The van der Waals surface area contributed by atoms with Crippen molar-refractivity contribution >= 4 is 17.4 Å². The molecule has 16 heavy (non-hydrogen) atoms. The molecule has 4 heteroatoms. The van der Waals surface area contributed by atoms with Crippen LogP contribution < -0.4 is 5.32 Å². The van der Waals surface area contributed by atoms with Gasteiger partial charge in [0.05, 0.1) is 0 Å². The highest BCUT2D eigenvalue weighted by atomic mass is 35.5. The number of rotatable bonds is 4. The minimum Gasteiger partial charge on any atom is -0.369 e. The Morgan fingerprint density at radius 1 is 1.44 bits per heavy atom. The van der Waals surface area contributed by atoms with Gasteiger partial charge in [-0.05, 0) is 24.2 Å². The van der Waals surface area contributed by atoms with E-state index in [1.54, 1.807) is 0 Å². The maximum Gasteiger partial charge on any atom is 0.138 e. The first-order chi connectivity index (χ1) is 7.52. The molecule has 0 unspecified atom stereocenters. The Labute approximate surface area is 102 Å². The van der Waals surface area contributed by atoms with E-state index in [2.05, 4.69) is 36.1 Å². The van der Waals surface area contributed by atoms with E-state index in [-0.39, 0.29) is 0 Å². The molecule has 1 aromatic heterocycles. The molecular formula is C12H18ClN3. The molecule has 3 nitrogen and oxygen atoms in total. The van der Waals surface area contributed by atoms with Crippen molar-refractivity contribution in [2.45, 2.75) is 39.5 Å². The molecule has 0 amide bonds. The largest absolute Gasteiger partial charge is 0.369 e. The lowest BCUT2D eigenvalue weighted by Crippen LogP contribution is -2.15. The molecule has 88 valence electrons. The zero-order chi connectivity index (χ0) is 11.8. The minimum atomic E-state index is 0.336. The summed E-state index contributed by atoms with van der Waals surface area (Å²) in [7, 11) is 0. The first-order valence-corrected chi connectivity index (χ1v) is 6.14. The molecule has 0 saturated heterocycles. The SMILES string of the molecule is CC(C)c1c(Cl)ncnc1NCC1(C)CC1. The third-order valence-corrected chi connectivity index (χ3v) is 3.50. The first-order valence-electron chi connectivity index (χ1n) is 5.76. The second-order valence-electron chi connectivity index (χ2n) is 5.25. The summed E-state index contributed by atoms with van der Waals surface area (Å²) in [5, 5.41) is 3.97. The van der Waals surface area contributed by atoms with Gasteiger partial charge in [0.1, 0.15) is 17.3 Å². The van der Waals surface area contributed by atoms with Crippen LogP contribution in [0.1, 0.15) is 45.1 Å². The summed E-state index contributed by atoms with van der Waals surface area (Å²) in [4.78, 5) is 8.32. The molecule has 1 heterocycles. The molecule has 0 bridgehead atoms. The van der Waals surface area contributed by atoms with Gasteiger partial charge in [-0.2, -0.15) is 0 Å². The van der Waals surface area contributed by atoms with Crippen molar-refractivity contribution in [3.63, 3.8) is 0 Å². The van der Waals surface area contributed by atoms with Crippen molar-refractivity contribution < 1.29 is 0 Å². The van der Waals surface area contributed by atoms with Gasteiger partial charge in [0.2, 0.25) is 0 Å². The summed E-state index contributed by atoms with van der Waals surface area (Å²) in [6.07, 6.45) is 4.12. The molecule has 1 aromatic rings. The number of nitrogens with zero attached hydrogens (tertiary/aromatic N) is 2. The quantitative estimate of drug-likeness (QED) is 0.818. The number of hydrogen-bond acceptors (Lipinski definition) is 3. The van der Waals surface area contributed by atoms with E-state index in [9.17, 15) is 0 Å². The lowest BCUT2D eigenvalue weighted by atomic mass is 10.1. The second-order valence-corrected chi connectivity index (χ2v) is 5.60. The highest BCUT2D eigenvalue weighted by molar-refractivity contribution is 6.30. The van der Waals surface area contributed by atoms with E-state index in [4.69, 9.17) is 11.6 Å². The van der Waals surface area contributed by atoms with Crippen LogP contribution in [0.25, 0.3) is 0 Å².